The SMILES string of the molecule is O=C(O)c1ccc([C@H]2CC[C@H]([C@H](O)c3c(C4CC4)ccc4cncn34)CC2)cc1. The van der Waals surface area contributed by atoms with Gasteiger partial charge in [-0.05, 0) is 85.6 Å². The van der Waals surface area contributed by atoms with Crippen LogP contribution in [0.25, 0.3) is 5.52 Å². The van der Waals surface area contributed by atoms with Gasteiger partial charge in [-0.25, -0.2) is 9.78 Å². The number of hydrogen-bond acceptors (Lipinski definition) is 3. The van der Waals surface area contributed by atoms with Crippen molar-refractivity contribution in [3.05, 3.63) is 71.3 Å². The van der Waals surface area contributed by atoms with Crippen LogP contribution in [0.1, 0.15) is 83.6 Å². The van der Waals surface area contributed by atoms with Gasteiger partial charge in [-0.15, -0.1) is 0 Å². The van der Waals surface area contributed by atoms with E-state index in [0.717, 1.165) is 36.9 Å². The van der Waals surface area contributed by atoms with Crippen LogP contribution in [0.15, 0.2) is 48.9 Å². The first kappa shape index (κ1) is 18.4. The number of carbonyl (C=O) groups is 1. The van der Waals surface area contributed by atoms with Crippen molar-refractivity contribution < 1.29 is 15.0 Å². The minimum Gasteiger partial charge on any atom is -0.478 e. The molecule has 0 spiro atoms. The summed E-state index contributed by atoms with van der Waals surface area (Å²) >= 11 is 0. The van der Waals surface area contributed by atoms with E-state index in [2.05, 4.69) is 21.5 Å². The smallest absolute Gasteiger partial charge is 0.335 e. The molecule has 5 heteroatoms. The molecule has 1 atom stereocenters. The second kappa shape index (κ2) is 7.30. The molecule has 2 N–H and O–H groups in total. The fourth-order valence-corrected chi connectivity index (χ4v) is 4.97. The molecule has 1 aromatic carbocycles. The van der Waals surface area contributed by atoms with Crippen LogP contribution in [0, 0.1) is 5.92 Å². The lowest BCUT2D eigenvalue weighted by Crippen LogP contribution is -2.22. The molecule has 0 amide bonds. The Morgan fingerprint density at radius 1 is 0.966 bits per heavy atom. The number of aromatic carboxylic acids is 1. The van der Waals surface area contributed by atoms with Crippen LogP contribution in [0.5, 0.6) is 0 Å². The van der Waals surface area contributed by atoms with Crippen molar-refractivity contribution in [2.75, 3.05) is 0 Å². The molecule has 2 saturated carbocycles. The quantitative estimate of drug-likeness (QED) is 0.649. The normalized spacial score (nSPS) is 23.2. The van der Waals surface area contributed by atoms with E-state index in [1.54, 1.807) is 12.1 Å². The van der Waals surface area contributed by atoms with Crippen molar-refractivity contribution in [2.24, 2.45) is 5.92 Å². The van der Waals surface area contributed by atoms with Crippen molar-refractivity contribution in [1.82, 2.24) is 9.38 Å². The second-order valence-electron chi connectivity index (χ2n) is 8.62. The first-order valence-electron chi connectivity index (χ1n) is 10.6. The third-order valence-corrected chi connectivity index (χ3v) is 6.80. The Labute approximate surface area is 170 Å². The lowest BCUT2D eigenvalue weighted by molar-refractivity contribution is 0.0696. The van der Waals surface area contributed by atoms with E-state index in [-0.39, 0.29) is 5.92 Å². The van der Waals surface area contributed by atoms with Crippen molar-refractivity contribution >= 4 is 11.5 Å². The summed E-state index contributed by atoms with van der Waals surface area (Å²) in [5.74, 6) is 0.377. The van der Waals surface area contributed by atoms with Crippen molar-refractivity contribution in [3.63, 3.8) is 0 Å². The molecular formula is C24H26N2O3. The van der Waals surface area contributed by atoms with Gasteiger partial charge >= 0.3 is 5.97 Å². The van der Waals surface area contributed by atoms with Crippen molar-refractivity contribution in [2.45, 2.75) is 56.5 Å². The van der Waals surface area contributed by atoms with Crippen LogP contribution >= 0.6 is 0 Å². The summed E-state index contributed by atoms with van der Waals surface area (Å²) in [6.45, 7) is 0. The summed E-state index contributed by atoms with van der Waals surface area (Å²) in [6, 6.07) is 11.6. The summed E-state index contributed by atoms with van der Waals surface area (Å²) < 4.78 is 2.08. The number of aliphatic hydroxyl groups is 1. The zero-order chi connectivity index (χ0) is 20.0. The number of benzene rings is 1. The summed E-state index contributed by atoms with van der Waals surface area (Å²) in [7, 11) is 0. The average molecular weight is 390 g/mol. The Bertz CT molecular complexity index is 1030. The molecule has 2 heterocycles. The molecule has 2 aliphatic carbocycles. The summed E-state index contributed by atoms with van der Waals surface area (Å²) in [5.41, 5.74) is 4.90. The highest BCUT2D eigenvalue weighted by molar-refractivity contribution is 5.87. The van der Waals surface area contributed by atoms with Crippen LogP contribution in [-0.2, 0) is 0 Å². The van der Waals surface area contributed by atoms with Gasteiger partial charge in [-0.1, -0.05) is 18.2 Å². The van der Waals surface area contributed by atoms with E-state index in [9.17, 15) is 9.90 Å². The highest BCUT2D eigenvalue weighted by Crippen LogP contribution is 2.47. The van der Waals surface area contributed by atoms with Gasteiger partial charge in [0.15, 0.2) is 0 Å². The van der Waals surface area contributed by atoms with Crippen molar-refractivity contribution in [3.8, 4) is 0 Å². The van der Waals surface area contributed by atoms with E-state index in [1.165, 1.54) is 24.0 Å². The van der Waals surface area contributed by atoms with Gasteiger partial charge < -0.3 is 14.6 Å². The molecule has 0 aliphatic heterocycles. The third-order valence-electron chi connectivity index (χ3n) is 6.80. The second-order valence-corrected chi connectivity index (χ2v) is 8.62. The van der Waals surface area contributed by atoms with Gasteiger partial charge in [0.25, 0.3) is 0 Å². The molecule has 5 nitrogen and oxygen atoms in total. The van der Waals surface area contributed by atoms with E-state index < -0.39 is 12.1 Å². The molecule has 0 bridgehead atoms. The molecule has 0 unspecified atom stereocenters. The molecule has 0 radical (unpaired) electrons. The summed E-state index contributed by atoms with van der Waals surface area (Å²) in [6.07, 6.45) is 9.61. The number of nitrogens with zero attached hydrogens (tertiary/aromatic N) is 2. The van der Waals surface area contributed by atoms with Crippen LogP contribution in [0.2, 0.25) is 0 Å². The van der Waals surface area contributed by atoms with Gasteiger partial charge in [0.1, 0.15) is 0 Å². The predicted octanol–water partition coefficient (Wildman–Crippen LogP) is 4.92. The van der Waals surface area contributed by atoms with Crippen LogP contribution in [0.4, 0.5) is 0 Å². The Morgan fingerprint density at radius 2 is 1.66 bits per heavy atom. The molecule has 0 saturated heterocycles. The number of aromatic nitrogens is 2. The van der Waals surface area contributed by atoms with E-state index in [0.29, 0.717) is 17.4 Å². The molecule has 3 aromatic rings. The highest BCUT2D eigenvalue weighted by Gasteiger charge is 2.34. The van der Waals surface area contributed by atoms with Gasteiger partial charge in [0.2, 0.25) is 0 Å². The lowest BCUT2D eigenvalue weighted by atomic mass is 9.75. The standard InChI is InChI=1S/C24H26N2O3/c27-23(22-21(17-5-6-17)12-11-20-13-25-14-26(20)22)18-7-1-15(2-8-18)16-3-9-19(10-4-16)24(28)29/h3-4,9-15,17-18,23,27H,1-2,5-8H2,(H,28,29)/t15-,18-,23-/m0/s1. The number of hydrogen-bond donors (Lipinski definition) is 2. The maximum Gasteiger partial charge on any atom is 0.335 e. The van der Waals surface area contributed by atoms with E-state index in [1.807, 2.05) is 24.7 Å². The monoisotopic (exact) mass is 390 g/mol. The maximum absolute atomic E-state index is 11.4. The molecular weight excluding hydrogens is 364 g/mol. The number of carboxylic acid groups (broad SMARTS) is 1. The largest absolute Gasteiger partial charge is 0.478 e. The first-order valence-corrected chi connectivity index (χ1v) is 10.6. The Hall–Kier alpha value is -2.66. The first-order chi connectivity index (χ1) is 14.1. The number of pyridine rings is 1. The van der Waals surface area contributed by atoms with Crippen LogP contribution < -0.4 is 0 Å². The molecule has 2 fully saturated rings. The highest BCUT2D eigenvalue weighted by atomic mass is 16.4. The zero-order valence-electron chi connectivity index (χ0n) is 16.4. The van der Waals surface area contributed by atoms with E-state index >= 15 is 0 Å². The Morgan fingerprint density at radius 3 is 2.31 bits per heavy atom. The maximum atomic E-state index is 11.4. The number of aliphatic hydroxyl groups excluding tert-OH is 1. The van der Waals surface area contributed by atoms with Crippen LogP contribution in [0.3, 0.4) is 0 Å². The van der Waals surface area contributed by atoms with Gasteiger partial charge in [0, 0.05) is 0 Å². The summed E-state index contributed by atoms with van der Waals surface area (Å²) in [4.78, 5) is 15.4. The predicted molar refractivity (Wildman–Crippen MR) is 110 cm³/mol. The molecule has 2 aromatic heterocycles. The Balaban J connectivity index is 1.33. The lowest BCUT2D eigenvalue weighted by Gasteiger charge is -2.33. The van der Waals surface area contributed by atoms with E-state index in [4.69, 9.17) is 5.11 Å². The van der Waals surface area contributed by atoms with Gasteiger partial charge in [-0.3, -0.25) is 0 Å². The zero-order valence-corrected chi connectivity index (χ0v) is 16.4. The molecule has 5 rings (SSSR count). The van der Waals surface area contributed by atoms with Gasteiger partial charge in [-0.2, -0.15) is 0 Å². The molecule has 150 valence electrons. The molecule has 29 heavy (non-hydrogen) atoms. The molecule has 2 aliphatic rings. The van der Waals surface area contributed by atoms with Crippen LogP contribution in [-0.4, -0.2) is 25.6 Å². The summed E-state index contributed by atoms with van der Waals surface area (Å²) in [5, 5.41) is 20.4. The topological polar surface area (TPSA) is 74.8 Å². The minimum absolute atomic E-state index is 0.245. The number of imidazole rings is 1. The number of rotatable bonds is 5. The van der Waals surface area contributed by atoms with Crippen molar-refractivity contribution in [1.29, 1.82) is 0 Å². The third kappa shape index (κ3) is 3.44. The van der Waals surface area contributed by atoms with Gasteiger partial charge in [0.05, 0.1) is 35.4 Å². The fraction of sp³-hybridized carbons (Fsp3) is 0.417. The average Bonchev–Trinajstić information content (AvgIpc) is 3.49. The Kier molecular flexibility index (Phi) is 4.63. The minimum atomic E-state index is -0.886. The number of carboxylic acids is 1. The number of fused-ring (bicyclic) bond motifs is 1. The fourth-order valence-electron chi connectivity index (χ4n) is 4.97.